The van der Waals surface area contributed by atoms with Gasteiger partial charge in [0, 0.05) is 0 Å². The van der Waals surface area contributed by atoms with Crippen molar-refractivity contribution in [2.75, 3.05) is 18.6 Å². The lowest BCUT2D eigenvalue weighted by Gasteiger charge is -2.10. The molecule has 3 nitrogen and oxygen atoms in total. The summed E-state index contributed by atoms with van der Waals surface area (Å²) in [6.07, 6.45) is 12.5. The molecule has 2 N–H and O–H groups in total. The molecule has 0 spiro atoms. The zero-order chi connectivity index (χ0) is 13.6. The molecular weight excluding hydrogens is 246 g/mol. The minimum absolute atomic E-state index is 0.265. The molecule has 0 saturated heterocycles. The molecule has 0 aromatic rings. The first-order chi connectivity index (χ1) is 8.72. The number of esters is 1. The van der Waals surface area contributed by atoms with Crippen LogP contribution in [0.4, 0.5) is 0 Å². The van der Waals surface area contributed by atoms with Gasteiger partial charge in [-0.25, -0.2) is 0 Å². The van der Waals surface area contributed by atoms with Crippen molar-refractivity contribution in [3.8, 4) is 0 Å². The number of thioether (sulfide) groups is 1. The topological polar surface area (TPSA) is 52.3 Å². The first kappa shape index (κ1) is 17.5. The maximum Gasteiger partial charge on any atom is 0.322 e. The third-order valence-corrected chi connectivity index (χ3v) is 3.23. The molecule has 0 aliphatic carbocycles. The second-order valence-corrected chi connectivity index (χ2v) is 5.30. The van der Waals surface area contributed by atoms with Gasteiger partial charge in [-0.15, -0.1) is 0 Å². The summed E-state index contributed by atoms with van der Waals surface area (Å²) >= 11 is 1.69. The van der Waals surface area contributed by atoms with Gasteiger partial charge in [0.05, 0.1) is 6.61 Å². The summed E-state index contributed by atoms with van der Waals surface area (Å²) in [5.74, 6) is 0.634. The monoisotopic (exact) mass is 273 g/mol. The number of carbonyl (C=O) groups excluding carboxylic acids is 1. The average Bonchev–Trinajstić information content (AvgIpc) is 2.38. The Morgan fingerprint density at radius 2 is 2.00 bits per heavy atom. The predicted molar refractivity (Wildman–Crippen MR) is 79.8 cm³/mol. The van der Waals surface area contributed by atoms with Crippen LogP contribution in [0.2, 0.25) is 0 Å². The standard InChI is InChI=1S/C14H27NO2S/c1-3-4-5-6-7-8-9-11-17-14(16)13(15)10-12-18-2/h6-7,13H,3-5,8-12,15H2,1-2H3/b7-6+. The Morgan fingerprint density at radius 1 is 1.33 bits per heavy atom. The first-order valence-electron chi connectivity index (χ1n) is 6.78. The van der Waals surface area contributed by atoms with Crippen LogP contribution in [-0.2, 0) is 9.53 Å². The van der Waals surface area contributed by atoms with E-state index in [2.05, 4.69) is 19.1 Å². The van der Waals surface area contributed by atoms with Crippen molar-refractivity contribution in [1.82, 2.24) is 0 Å². The molecule has 0 bridgehead atoms. The lowest BCUT2D eigenvalue weighted by Crippen LogP contribution is -2.33. The number of unbranched alkanes of at least 4 members (excludes halogenated alkanes) is 3. The number of ether oxygens (including phenoxy) is 1. The van der Waals surface area contributed by atoms with E-state index in [-0.39, 0.29) is 5.97 Å². The van der Waals surface area contributed by atoms with E-state index in [1.165, 1.54) is 12.8 Å². The van der Waals surface area contributed by atoms with E-state index in [9.17, 15) is 4.79 Å². The molecule has 0 aliphatic rings. The molecular formula is C14H27NO2S. The molecule has 106 valence electrons. The molecule has 0 fully saturated rings. The third-order valence-electron chi connectivity index (χ3n) is 2.59. The number of rotatable bonds is 11. The fourth-order valence-corrected chi connectivity index (χ4v) is 1.89. The van der Waals surface area contributed by atoms with Crippen molar-refractivity contribution in [3.63, 3.8) is 0 Å². The normalized spacial score (nSPS) is 12.8. The second kappa shape index (κ2) is 13.0. The maximum atomic E-state index is 11.4. The van der Waals surface area contributed by atoms with Gasteiger partial charge in [-0.2, -0.15) is 11.8 Å². The van der Waals surface area contributed by atoms with Crippen LogP contribution in [0.15, 0.2) is 12.2 Å². The van der Waals surface area contributed by atoms with Crippen LogP contribution in [0.25, 0.3) is 0 Å². The molecule has 0 aromatic heterocycles. The summed E-state index contributed by atoms with van der Waals surface area (Å²) < 4.78 is 5.12. The fraction of sp³-hybridized carbons (Fsp3) is 0.786. The van der Waals surface area contributed by atoms with Gasteiger partial charge in [-0.3, -0.25) is 4.79 Å². The molecule has 0 aliphatic heterocycles. The summed E-state index contributed by atoms with van der Waals surface area (Å²) in [6.45, 7) is 2.66. The Hall–Kier alpha value is -0.480. The van der Waals surface area contributed by atoms with Crippen molar-refractivity contribution < 1.29 is 9.53 Å². The van der Waals surface area contributed by atoms with Crippen molar-refractivity contribution in [1.29, 1.82) is 0 Å². The Labute approximate surface area is 116 Å². The lowest BCUT2D eigenvalue weighted by atomic mass is 10.2. The van der Waals surface area contributed by atoms with E-state index >= 15 is 0 Å². The van der Waals surface area contributed by atoms with Crippen LogP contribution in [0.3, 0.4) is 0 Å². The Balaban J connectivity index is 3.42. The Morgan fingerprint density at radius 3 is 2.61 bits per heavy atom. The molecule has 0 aromatic carbocycles. The minimum atomic E-state index is -0.461. The highest BCUT2D eigenvalue weighted by molar-refractivity contribution is 7.98. The highest BCUT2D eigenvalue weighted by Gasteiger charge is 2.13. The highest BCUT2D eigenvalue weighted by atomic mass is 32.2. The molecule has 0 rings (SSSR count). The van der Waals surface area contributed by atoms with Crippen LogP contribution in [0.1, 0.15) is 45.4 Å². The van der Waals surface area contributed by atoms with Crippen LogP contribution >= 0.6 is 11.8 Å². The summed E-state index contributed by atoms with van der Waals surface area (Å²) in [7, 11) is 0. The molecule has 18 heavy (non-hydrogen) atoms. The zero-order valence-electron chi connectivity index (χ0n) is 11.7. The van der Waals surface area contributed by atoms with Gasteiger partial charge in [0.2, 0.25) is 0 Å². The van der Waals surface area contributed by atoms with E-state index < -0.39 is 6.04 Å². The average molecular weight is 273 g/mol. The number of carbonyl (C=O) groups is 1. The van der Waals surface area contributed by atoms with Crippen LogP contribution < -0.4 is 5.73 Å². The number of hydrogen-bond donors (Lipinski definition) is 1. The van der Waals surface area contributed by atoms with Crippen LogP contribution in [0.5, 0.6) is 0 Å². The highest BCUT2D eigenvalue weighted by Crippen LogP contribution is 2.02. The van der Waals surface area contributed by atoms with Crippen LogP contribution in [0, 0.1) is 0 Å². The summed E-state index contributed by atoms with van der Waals surface area (Å²) in [6, 6.07) is -0.461. The maximum absolute atomic E-state index is 11.4. The molecule has 1 atom stereocenters. The van der Waals surface area contributed by atoms with E-state index in [1.807, 2.05) is 6.26 Å². The van der Waals surface area contributed by atoms with Crippen molar-refractivity contribution in [2.24, 2.45) is 5.73 Å². The summed E-state index contributed by atoms with van der Waals surface area (Å²) in [5, 5.41) is 0. The zero-order valence-corrected chi connectivity index (χ0v) is 12.5. The van der Waals surface area contributed by atoms with E-state index in [1.54, 1.807) is 11.8 Å². The van der Waals surface area contributed by atoms with E-state index in [0.29, 0.717) is 13.0 Å². The van der Waals surface area contributed by atoms with Crippen molar-refractivity contribution >= 4 is 17.7 Å². The molecule has 4 heteroatoms. The Kier molecular flexibility index (Phi) is 12.6. The molecule has 1 unspecified atom stereocenters. The van der Waals surface area contributed by atoms with Crippen molar-refractivity contribution in [3.05, 3.63) is 12.2 Å². The van der Waals surface area contributed by atoms with Gasteiger partial charge in [0.15, 0.2) is 0 Å². The van der Waals surface area contributed by atoms with E-state index in [4.69, 9.17) is 10.5 Å². The smallest absolute Gasteiger partial charge is 0.322 e. The van der Waals surface area contributed by atoms with Gasteiger partial charge in [-0.1, -0.05) is 31.9 Å². The molecule has 0 radical (unpaired) electrons. The van der Waals surface area contributed by atoms with Gasteiger partial charge in [0.25, 0.3) is 0 Å². The van der Waals surface area contributed by atoms with Gasteiger partial charge >= 0.3 is 5.97 Å². The minimum Gasteiger partial charge on any atom is -0.465 e. The van der Waals surface area contributed by atoms with Crippen molar-refractivity contribution in [2.45, 2.75) is 51.5 Å². The summed E-state index contributed by atoms with van der Waals surface area (Å²) in [4.78, 5) is 11.4. The molecule has 0 saturated carbocycles. The largest absolute Gasteiger partial charge is 0.465 e. The second-order valence-electron chi connectivity index (χ2n) is 4.31. The van der Waals surface area contributed by atoms with Gasteiger partial charge in [-0.05, 0) is 37.7 Å². The first-order valence-corrected chi connectivity index (χ1v) is 8.17. The van der Waals surface area contributed by atoms with Gasteiger partial charge in [0.1, 0.15) is 6.04 Å². The molecule has 0 heterocycles. The number of hydrogen-bond acceptors (Lipinski definition) is 4. The number of allylic oxidation sites excluding steroid dienone is 2. The predicted octanol–water partition coefficient (Wildman–Crippen LogP) is 3.14. The van der Waals surface area contributed by atoms with Gasteiger partial charge < -0.3 is 10.5 Å². The quantitative estimate of drug-likeness (QED) is 0.357. The summed E-state index contributed by atoms with van der Waals surface area (Å²) in [5.41, 5.74) is 5.70. The molecule has 0 amide bonds. The van der Waals surface area contributed by atoms with Crippen LogP contribution in [-0.4, -0.2) is 30.6 Å². The third kappa shape index (κ3) is 10.7. The van der Waals surface area contributed by atoms with E-state index in [0.717, 1.165) is 25.0 Å². The SMILES string of the molecule is CCCC/C=C/CCCOC(=O)C(N)CCSC. The Bertz CT molecular complexity index is 232. The fourth-order valence-electron chi connectivity index (χ4n) is 1.40. The lowest BCUT2D eigenvalue weighted by molar-refractivity contribution is -0.145. The number of nitrogens with two attached hydrogens (primary N) is 1.